The molecule has 0 saturated carbocycles. The van der Waals surface area contributed by atoms with Crippen LogP contribution in [-0.2, 0) is 0 Å². The van der Waals surface area contributed by atoms with Gasteiger partial charge in [0.15, 0.2) is 7.85 Å². The molecule has 0 aliphatic rings. The van der Waals surface area contributed by atoms with Gasteiger partial charge in [0.25, 0.3) is 5.91 Å². The normalized spacial score (nSPS) is 14.0. The lowest BCUT2D eigenvalue weighted by molar-refractivity contribution is 0.0813. The number of carbonyl (C=O) groups is 1. The number of allylic oxidation sites excluding steroid dienone is 1. The van der Waals surface area contributed by atoms with E-state index in [1.54, 1.807) is 13.0 Å². The standard InChI is InChI=1S/C18H20BClN6O3/c1-10(27)15-7-16(26-25-15)17(28)23-9-18(19,29)24-5-4-14(22)11-2-3-12(8-21)13(20)6-11/h2-7,10,22,24,27,29H,9,19H2,1H3,(H,23,28)(H,25,26)/b5-4-,22-14?. The summed E-state index contributed by atoms with van der Waals surface area (Å²) in [5.41, 5.74) is -0.0473. The predicted octanol–water partition coefficient (Wildman–Crippen LogP) is 0.168. The van der Waals surface area contributed by atoms with Crippen LogP contribution in [0.25, 0.3) is 0 Å². The van der Waals surface area contributed by atoms with Gasteiger partial charge in [-0.2, -0.15) is 10.4 Å². The van der Waals surface area contributed by atoms with E-state index in [1.165, 1.54) is 38.3 Å². The quantitative estimate of drug-likeness (QED) is 0.205. The number of aliphatic hydroxyl groups is 2. The lowest BCUT2D eigenvalue weighted by Gasteiger charge is -2.24. The number of nitrogens with zero attached hydrogens (tertiary/aromatic N) is 2. The van der Waals surface area contributed by atoms with E-state index in [0.717, 1.165) is 0 Å². The number of aliphatic hydroxyl groups excluding tert-OH is 1. The van der Waals surface area contributed by atoms with Crippen molar-refractivity contribution in [1.29, 1.82) is 10.7 Å². The molecule has 2 rings (SSSR count). The Labute approximate surface area is 173 Å². The lowest BCUT2D eigenvalue weighted by Crippen LogP contribution is -2.52. The average Bonchev–Trinajstić information content (AvgIpc) is 3.16. The van der Waals surface area contributed by atoms with Gasteiger partial charge in [-0.3, -0.25) is 9.89 Å². The molecule has 29 heavy (non-hydrogen) atoms. The molecule has 0 bridgehead atoms. The van der Waals surface area contributed by atoms with E-state index in [0.29, 0.717) is 16.8 Å². The first-order valence-electron chi connectivity index (χ1n) is 8.59. The predicted molar refractivity (Wildman–Crippen MR) is 110 cm³/mol. The molecule has 1 heterocycles. The van der Waals surface area contributed by atoms with Gasteiger partial charge < -0.3 is 26.3 Å². The van der Waals surface area contributed by atoms with Gasteiger partial charge in [-0.05, 0) is 31.2 Å². The van der Waals surface area contributed by atoms with E-state index in [-0.39, 0.29) is 23.0 Å². The van der Waals surface area contributed by atoms with Crippen molar-refractivity contribution < 1.29 is 15.0 Å². The van der Waals surface area contributed by atoms with Crippen molar-refractivity contribution >= 4 is 31.1 Å². The van der Waals surface area contributed by atoms with Gasteiger partial charge >= 0.3 is 0 Å². The summed E-state index contributed by atoms with van der Waals surface area (Å²) in [6, 6.07) is 8.00. The number of nitriles is 1. The van der Waals surface area contributed by atoms with Gasteiger partial charge in [0.1, 0.15) is 17.4 Å². The lowest BCUT2D eigenvalue weighted by atomic mass is 9.91. The fourth-order valence-electron chi connectivity index (χ4n) is 2.24. The highest BCUT2D eigenvalue weighted by molar-refractivity contribution is 6.32. The van der Waals surface area contributed by atoms with Crippen LogP contribution < -0.4 is 10.6 Å². The second kappa shape index (κ2) is 9.38. The zero-order valence-corrected chi connectivity index (χ0v) is 16.6. The van der Waals surface area contributed by atoms with E-state index >= 15 is 0 Å². The van der Waals surface area contributed by atoms with Crippen LogP contribution in [0.1, 0.15) is 40.3 Å². The minimum absolute atomic E-state index is 0.0896. The highest BCUT2D eigenvalue weighted by Gasteiger charge is 2.21. The summed E-state index contributed by atoms with van der Waals surface area (Å²) in [7, 11) is 1.45. The Hall–Kier alpha value is -3.13. The van der Waals surface area contributed by atoms with E-state index in [2.05, 4.69) is 20.8 Å². The van der Waals surface area contributed by atoms with E-state index in [9.17, 15) is 15.0 Å². The van der Waals surface area contributed by atoms with Crippen molar-refractivity contribution in [3.63, 3.8) is 0 Å². The van der Waals surface area contributed by atoms with E-state index in [1.807, 2.05) is 6.07 Å². The number of amides is 1. The first-order chi connectivity index (χ1) is 13.6. The summed E-state index contributed by atoms with van der Waals surface area (Å²) in [5.74, 6) is -0.515. The first kappa shape index (κ1) is 22.2. The molecule has 0 aliphatic heterocycles. The number of halogens is 1. The van der Waals surface area contributed by atoms with Gasteiger partial charge in [-0.25, -0.2) is 0 Å². The summed E-state index contributed by atoms with van der Waals surface area (Å²) in [5, 5.41) is 48.5. The molecular formula is C18H20BClN6O3. The molecule has 1 aromatic carbocycles. The third kappa shape index (κ3) is 6.18. The largest absolute Gasteiger partial charge is 0.387 e. The van der Waals surface area contributed by atoms with Gasteiger partial charge in [0.2, 0.25) is 0 Å². The zero-order chi connectivity index (χ0) is 21.6. The number of aromatic amines is 1. The molecule has 9 nitrogen and oxygen atoms in total. The number of hydrogen-bond donors (Lipinski definition) is 6. The number of carbonyl (C=O) groups excluding carboxylic acids is 1. The summed E-state index contributed by atoms with van der Waals surface area (Å²) in [6.45, 7) is 1.41. The molecule has 6 N–H and O–H groups in total. The number of nitrogens with one attached hydrogen (secondary N) is 4. The molecule has 2 aromatic rings. The second-order valence-electron chi connectivity index (χ2n) is 6.54. The summed E-state index contributed by atoms with van der Waals surface area (Å²) in [6.07, 6.45) is 2.01. The van der Waals surface area contributed by atoms with Crippen LogP contribution in [0, 0.1) is 16.7 Å². The Morgan fingerprint density at radius 1 is 1.55 bits per heavy atom. The summed E-state index contributed by atoms with van der Waals surface area (Å²) in [4.78, 5) is 12.1. The minimum atomic E-state index is -1.49. The van der Waals surface area contributed by atoms with Crippen molar-refractivity contribution in [2.24, 2.45) is 0 Å². The molecule has 0 saturated heterocycles. The van der Waals surface area contributed by atoms with Crippen molar-refractivity contribution in [2.45, 2.75) is 18.7 Å². The Balaban J connectivity index is 1.89. The van der Waals surface area contributed by atoms with E-state index < -0.39 is 17.6 Å². The van der Waals surface area contributed by atoms with Crippen molar-refractivity contribution in [3.8, 4) is 6.07 Å². The number of rotatable bonds is 8. The molecule has 2 unspecified atom stereocenters. The van der Waals surface area contributed by atoms with Gasteiger partial charge in [-0.15, -0.1) is 0 Å². The number of aromatic nitrogens is 2. The Morgan fingerprint density at radius 3 is 2.86 bits per heavy atom. The van der Waals surface area contributed by atoms with Gasteiger partial charge in [0.05, 0.1) is 34.6 Å². The molecular weight excluding hydrogens is 395 g/mol. The highest BCUT2D eigenvalue weighted by Crippen LogP contribution is 2.17. The molecule has 150 valence electrons. The van der Waals surface area contributed by atoms with Crippen LogP contribution in [0.15, 0.2) is 36.5 Å². The van der Waals surface area contributed by atoms with Gasteiger partial charge in [-0.1, -0.05) is 17.7 Å². The Bertz CT molecular complexity index is 980. The monoisotopic (exact) mass is 414 g/mol. The fraction of sp³-hybridized carbons (Fsp3) is 0.222. The molecule has 0 aliphatic carbocycles. The maximum atomic E-state index is 12.1. The topological polar surface area (TPSA) is 158 Å². The van der Waals surface area contributed by atoms with Crippen molar-refractivity contribution in [2.75, 3.05) is 6.54 Å². The molecule has 11 heteroatoms. The third-order valence-electron chi connectivity index (χ3n) is 3.92. The van der Waals surface area contributed by atoms with Crippen LogP contribution in [-0.4, -0.2) is 52.0 Å². The Kier molecular flexibility index (Phi) is 7.17. The molecule has 0 fully saturated rings. The first-order valence-corrected chi connectivity index (χ1v) is 8.97. The summed E-state index contributed by atoms with van der Waals surface area (Å²) < 4.78 is 0. The maximum absolute atomic E-state index is 12.1. The molecule has 1 aromatic heterocycles. The maximum Gasteiger partial charge on any atom is 0.271 e. The number of H-pyrrole nitrogens is 1. The highest BCUT2D eigenvalue weighted by atomic mass is 35.5. The van der Waals surface area contributed by atoms with Gasteiger partial charge in [0, 0.05) is 11.8 Å². The fourth-order valence-corrected chi connectivity index (χ4v) is 2.46. The van der Waals surface area contributed by atoms with Crippen molar-refractivity contribution in [1.82, 2.24) is 20.8 Å². The molecule has 0 spiro atoms. The molecule has 0 radical (unpaired) electrons. The average molecular weight is 415 g/mol. The van der Waals surface area contributed by atoms with Crippen LogP contribution in [0.4, 0.5) is 0 Å². The second-order valence-corrected chi connectivity index (χ2v) is 6.95. The number of hydrogen-bond acceptors (Lipinski definition) is 7. The smallest absolute Gasteiger partial charge is 0.271 e. The minimum Gasteiger partial charge on any atom is -0.387 e. The van der Waals surface area contributed by atoms with E-state index in [4.69, 9.17) is 22.3 Å². The molecule has 2 atom stereocenters. The van der Waals surface area contributed by atoms with Crippen LogP contribution in [0.2, 0.25) is 5.02 Å². The zero-order valence-electron chi connectivity index (χ0n) is 15.8. The Morgan fingerprint density at radius 2 is 2.28 bits per heavy atom. The SMILES string of the molecule is BC(O)(CNC(=O)c1cc(C(C)O)[nH]n1)N/C=C\C(=N)c1ccc(C#N)c(Cl)c1. The number of benzene rings is 1. The van der Waals surface area contributed by atoms with Crippen LogP contribution in [0.3, 0.4) is 0 Å². The third-order valence-corrected chi connectivity index (χ3v) is 4.23. The summed E-state index contributed by atoms with van der Waals surface area (Å²) >= 11 is 5.96. The van der Waals surface area contributed by atoms with Crippen LogP contribution in [0.5, 0.6) is 0 Å². The van der Waals surface area contributed by atoms with Crippen molar-refractivity contribution in [3.05, 3.63) is 64.1 Å². The van der Waals surface area contributed by atoms with Crippen LogP contribution >= 0.6 is 11.6 Å². The molecule has 1 amide bonds.